The van der Waals surface area contributed by atoms with Crippen LogP contribution in [0.25, 0.3) is 5.65 Å². The molecule has 5 heterocycles. The molecule has 2 aromatic rings. The van der Waals surface area contributed by atoms with E-state index in [9.17, 15) is 9.70 Å². The fraction of sp³-hybridized carbons (Fsp3) is 0.650. The molecule has 4 atom stereocenters. The first kappa shape index (κ1) is 19.7. The number of likely N-dealkylation sites (tertiary alicyclic amines) is 1. The lowest BCUT2D eigenvalue weighted by Crippen LogP contribution is -2.41. The number of aryl methyl sites for hydroxylation is 1. The molecule has 3 aliphatic rings. The summed E-state index contributed by atoms with van der Waals surface area (Å²) in [5.74, 6) is 1.67. The van der Waals surface area contributed by atoms with Crippen molar-refractivity contribution in [2.45, 2.75) is 49.9 Å². The van der Waals surface area contributed by atoms with Gasteiger partial charge in [0.25, 0.3) is 0 Å². The van der Waals surface area contributed by atoms with Crippen molar-refractivity contribution in [3.8, 4) is 0 Å². The Labute approximate surface area is 177 Å². The molecule has 0 spiro atoms. The van der Waals surface area contributed by atoms with Crippen LogP contribution >= 0.6 is 10.2 Å². The van der Waals surface area contributed by atoms with Gasteiger partial charge < -0.3 is 15.5 Å². The predicted octanol–water partition coefficient (Wildman–Crippen LogP) is 2.13. The largest absolute Gasteiger partial charge is 0.355 e. The van der Waals surface area contributed by atoms with E-state index in [0.29, 0.717) is 12.3 Å². The van der Waals surface area contributed by atoms with Crippen LogP contribution in [0.1, 0.15) is 43.0 Å². The number of carbonyl (C=O) groups is 1. The normalized spacial score (nSPS) is 33.5. The third-order valence-corrected chi connectivity index (χ3v) is 9.22. The lowest BCUT2D eigenvalue weighted by molar-refractivity contribution is -0.133. The molecule has 30 heavy (non-hydrogen) atoms. The average molecular weight is 432 g/mol. The minimum atomic E-state index is -1.63. The highest BCUT2D eigenvalue weighted by atomic mass is 32.3. The molecule has 0 bridgehead atoms. The number of nitrogens with zero attached hydrogens (tertiary/aromatic N) is 6. The SMILES string of the molecule is Cc1cn2nc(C3CCCCN3C(=O)C3CS3(C)N=O)cc2nc1N1CCC(N)C1. The molecule has 1 amide bonds. The van der Waals surface area contributed by atoms with Crippen molar-refractivity contribution < 1.29 is 4.79 Å². The Hall–Kier alpha value is -2.20. The quantitative estimate of drug-likeness (QED) is 0.587. The molecule has 2 N–H and O–H groups in total. The van der Waals surface area contributed by atoms with Gasteiger partial charge >= 0.3 is 0 Å². The van der Waals surface area contributed by atoms with Gasteiger partial charge in [-0.05, 0) is 43.4 Å². The third kappa shape index (κ3) is 3.26. The van der Waals surface area contributed by atoms with Crippen molar-refractivity contribution in [2.75, 3.05) is 36.5 Å². The molecule has 3 aliphatic heterocycles. The van der Waals surface area contributed by atoms with Crippen molar-refractivity contribution in [1.82, 2.24) is 19.5 Å². The molecule has 5 rings (SSSR count). The van der Waals surface area contributed by atoms with Gasteiger partial charge in [0.15, 0.2) is 5.65 Å². The van der Waals surface area contributed by atoms with Crippen LogP contribution in [-0.2, 0) is 4.79 Å². The molecule has 0 aliphatic carbocycles. The summed E-state index contributed by atoms with van der Waals surface area (Å²) in [6.07, 6.45) is 7.78. The van der Waals surface area contributed by atoms with Crippen LogP contribution in [0.4, 0.5) is 5.82 Å². The van der Waals surface area contributed by atoms with Crippen LogP contribution < -0.4 is 10.6 Å². The number of carbonyl (C=O) groups excluding carboxylic acids is 1. The zero-order chi connectivity index (χ0) is 21.0. The fourth-order valence-corrected chi connectivity index (χ4v) is 6.81. The predicted molar refractivity (Wildman–Crippen MR) is 119 cm³/mol. The Morgan fingerprint density at radius 3 is 2.83 bits per heavy atom. The second kappa shape index (κ2) is 7.19. The van der Waals surface area contributed by atoms with Crippen molar-refractivity contribution in [1.29, 1.82) is 0 Å². The number of anilines is 1. The molecule has 3 fully saturated rings. The van der Waals surface area contributed by atoms with Crippen molar-refractivity contribution >= 4 is 27.6 Å². The Bertz CT molecular complexity index is 1010. The van der Waals surface area contributed by atoms with E-state index in [2.05, 4.69) is 9.48 Å². The molecule has 0 aromatic carbocycles. The molecule has 10 heteroatoms. The number of amides is 1. The highest BCUT2D eigenvalue weighted by Gasteiger charge is 2.54. The Kier molecular flexibility index (Phi) is 4.73. The molecular formula is C20H29N7O2S. The van der Waals surface area contributed by atoms with Gasteiger partial charge in [-0.25, -0.2) is 9.50 Å². The van der Waals surface area contributed by atoms with Crippen LogP contribution in [0, 0.1) is 11.8 Å². The van der Waals surface area contributed by atoms with Crippen LogP contribution in [0.2, 0.25) is 0 Å². The number of rotatable bonds is 4. The first-order valence-corrected chi connectivity index (χ1v) is 12.9. The Morgan fingerprint density at radius 2 is 2.13 bits per heavy atom. The first-order chi connectivity index (χ1) is 14.4. The standard InChI is InChI=1S/C20H29N7O2S/c1-13-10-27-18(22-19(13)25-8-6-14(21)11-25)9-15(23-27)16-5-3-4-7-26(16)20(28)17-12-30(17,2)24-29/h9-10,14,16-17H,3-8,11-12,21H2,1-2H3. The smallest absolute Gasteiger partial charge is 0.237 e. The van der Waals surface area contributed by atoms with E-state index in [-0.39, 0.29) is 23.2 Å². The molecule has 0 saturated carbocycles. The maximum Gasteiger partial charge on any atom is 0.237 e. The van der Waals surface area contributed by atoms with Gasteiger partial charge in [0.05, 0.1) is 17.0 Å². The summed E-state index contributed by atoms with van der Waals surface area (Å²) in [7, 11) is -1.63. The number of aromatic nitrogens is 3. The molecule has 9 nitrogen and oxygen atoms in total. The minimum absolute atomic E-state index is 0.0622. The lowest BCUT2D eigenvalue weighted by Gasteiger charge is -2.35. The van der Waals surface area contributed by atoms with Crippen molar-refractivity contribution in [2.24, 2.45) is 10.3 Å². The summed E-state index contributed by atoms with van der Waals surface area (Å²) in [4.78, 5) is 33.3. The van der Waals surface area contributed by atoms with Gasteiger partial charge in [0, 0.05) is 49.3 Å². The van der Waals surface area contributed by atoms with Crippen molar-refractivity contribution in [3.05, 3.63) is 28.4 Å². The topological polar surface area (TPSA) is 109 Å². The van der Waals surface area contributed by atoms with Crippen molar-refractivity contribution in [3.63, 3.8) is 0 Å². The van der Waals surface area contributed by atoms with Crippen LogP contribution in [-0.4, -0.2) is 68.3 Å². The summed E-state index contributed by atoms with van der Waals surface area (Å²) in [5.41, 5.74) is 8.82. The maximum absolute atomic E-state index is 13.1. The zero-order valence-corrected chi connectivity index (χ0v) is 18.3. The highest BCUT2D eigenvalue weighted by Crippen LogP contribution is 2.67. The minimum Gasteiger partial charge on any atom is -0.355 e. The number of fused-ring (bicyclic) bond motifs is 1. The third-order valence-electron chi connectivity index (χ3n) is 6.71. The molecule has 162 valence electrons. The summed E-state index contributed by atoms with van der Waals surface area (Å²) < 4.78 is 5.09. The fourth-order valence-electron chi connectivity index (χ4n) is 4.81. The maximum atomic E-state index is 13.1. The molecular weight excluding hydrogens is 402 g/mol. The Balaban J connectivity index is 1.44. The summed E-state index contributed by atoms with van der Waals surface area (Å²) in [6.45, 7) is 4.51. The van der Waals surface area contributed by atoms with E-state index in [1.165, 1.54) is 0 Å². The van der Waals surface area contributed by atoms with E-state index in [1.54, 1.807) is 0 Å². The van der Waals surface area contributed by atoms with Gasteiger partial charge in [0.2, 0.25) is 5.91 Å². The summed E-state index contributed by atoms with van der Waals surface area (Å²) in [6, 6.07) is 2.14. The van der Waals surface area contributed by atoms with Crippen LogP contribution in [0.15, 0.2) is 16.8 Å². The first-order valence-electron chi connectivity index (χ1n) is 10.7. The highest BCUT2D eigenvalue weighted by molar-refractivity contribution is 8.39. The number of piperidine rings is 1. The molecule has 3 saturated heterocycles. The van der Waals surface area contributed by atoms with Gasteiger partial charge in [-0.2, -0.15) is 5.10 Å². The number of nitrogens with two attached hydrogens (primary N) is 1. The second-order valence-electron chi connectivity index (χ2n) is 9.00. The number of hydrogen-bond donors (Lipinski definition) is 1. The van der Waals surface area contributed by atoms with Gasteiger partial charge in [-0.15, -0.1) is 4.91 Å². The van der Waals surface area contributed by atoms with Gasteiger partial charge in [0.1, 0.15) is 5.82 Å². The summed E-state index contributed by atoms with van der Waals surface area (Å²) >= 11 is 0. The average Bonchev–Trinajstić information content (AvgIpc) is 3.04. The summed E-state index contributed by atoms with van der Waals surface area (Å²) in [5, 5.41) is 4.58. The monoisotopic (exact) mass is 431 g/mol. The second-order valence-corrected chi connectivity index (χ2v) is 12.3. The molecule has 4 unspecified atom stereocenters. The van der Waals surface area contributed by atoms with Crippen LogP contribution in [0.5, 0.6) is 0 Å². The van der Waals surface area contributed by atoms with E-state index in [0.717, 1.165) is 61.5 Å². The van der Waals surface area contributed by atoms with E-state index in [4.69, 9.17) is 15.8 Å². The lowest BCUT2D eigenvalue weighted by atomic mass is 9.99. The zero-order valence-electron chi connectivity index (χ0n) is 17.5. The number of hydrogen-bond acceptors (Lipinski definition) is 7. The van der Waals surface area contributed by atoms with E-state index < -0.39 is 10.2 Å². The molecule has 0 radical (unpaired) electrons. The van der Waals surface area contributed by atoms with Crippen LogP contribution in [0.3, 0.4) is 0 Å². The Morgan fingerprint density at radius 1 is 1.30 bits per heavy atom. The van der Waals surface area contributed by atoms with E-state index >= 15 is 0 Å². The van der Waals surface area contributed by atoms with E-state index in [1.807, 2.05) is 34.9 Å². The molecule has 2 aromatic heterocycles. The number of nitroso groups, excluding NO2 is 1. The van der Waals surface area contributed by atoms with Gasteiger partial charge in [-0.1, -0.05) is 10.2 Å². The van der Waals surface area contributed by atoms with Gasteiger partial charge in [-0.3, -0.25) is 4.79 Å².